The Balaban J connectivity index is 2.01. The van der Waals surface area contributed by atoms with Gasteiger partial charge in [0.25, 0.3) is 0 Å². The number of nitrogens with one attached hydrogen (secondary N) is 2. The summed E-state index contributed by atoms with van der Waals surface area (Å²) in [6.07, 6.45) is 1.52. The number of halogens is 1. The average Bonchev–Trinajstić information content (AvgIpc) is 2.64. The van der Waals surface area contributed by atoms with Crippen molar-refractivity contribution in [1.82, 2.24) is 9.71 Å². The Kier molecular flexibility index (Phi) is 6.52. The molecule has 2 rings (SSSR count). The molecule has 0 unspecified atom stereocenters. The first-order valence-electron chi connectivity index (χ1n) is 7.35. The Hall–Kier alpha value is -2.67. The Morgan fingerprint density at radius 1 is 1.35 bits per heavy atom. The molecule has 136 valence electrons. The fourth-order valence-electron chi connectivity index (χ4n) is 2.04. The summed E-state index contributed by atoms with van der Waals surface area (Å²) in [6.45, 7) is 0.252. The minimum atomic E-state index is -3.87. The van der Waals surface area contributed by atoms with Crippen LogP contribution in [0.2, 0.25) is 5.02 Å². The van der Waals surface area contributed by atoms with Crippen LogP contribution in [0.3, 0.4) is 0 Å². The predicted octanol–water partition coefficient (Wildman–Crippen LogP) is 1.78. The SMILES string of the molecule is COC(=O)c1ccc(S(=O)(=O)NCCNc2ncccc2C#N)c(Cl)c1. The van der Waals surface area contributed by atoms with Gasteiger partial charge in [-0.1, -0.05) is 11.6 Å². The van der Waals surface area contributed by atoms with Crippen LogP contribution >= 0.6 is 11.6 Å². The average molecular weight is 395 g/mol. The number of carbonyl (C=O) groups excluding carboxylic acids is 1. The molecule has 1 aromatic carbocycles. The van der Waals surface area contributed by atoms with Crippen molar-refractivity contribution < 1.29 is 17.9 Å². The van der Waals surface area contributed by atoms with E-state index in [1.807, 2.05) is 6.07 Å². The highest BCUT2D eigenvalue weighted by atomic mass is 35.5. The van der Waals surface area contributed by atoms with Crippen LogP contribution in [-0.2, 0) is 14.8 Å². The van der Waals surface area contributed by atoms with Crippen LogP contribution in [-0.4, -0.2) is 39.6 Å². The monoisotopic (exact) mass is 394 g/mol. The Bertz CT molecular complexity index is 957. The molecule has 2 N–H and O–H groups in total. The predicted molar refractivity (Wildman–Crippen MR) is 95.4 cm³/mol. The Morgan fingerprint density at radius 2 is 2.12 bits per heavy atom. The van der Waals surface area contributed by atoms with Gasteiger partial charge in [0, 0.05) is 19.3 Å². The number of nitriles is 1. The molecule has 0 atom stereocenters. The van der Waals surface area contributed by atoms with E-state index in [4.69, 9.17) is 16.9 Å². The highest BCUT2D eigenvalue weighted by molar-refractivity contribution is 7.89. The van der Waals surface area contributed by atoms with Crippen molar-refractivity contribution in [3.05, 3.63) is 52.7 Å². The Labute approximate surface area is 155 Å². The van der Waals surface area contributed by atoms with Crippen LogP contribution in [0, 0.1) is 11.3 Å². The number of hydrogen-bond acceptors (Lipinski definition) is 7. The van der Waals surface area contributed by atoms with Crippen LogP contribution in [0.15, 0.2) is 41.4 Å². The second-order valence-electron chi connectivity index (χ2n) is 4.97. The molecule has 0 radical (unpaired) electrons. The lowest BCUT2D eigenvalue weighted by atomic mass is 10.2. The molecule has 0 aliphatic rings. The van der Waals surface area contributed by atoms with Crippen LogP contribution in [0.4, 0.5) is 5.82 Å². The van der Waals surface area contributed by atoms with E-state index < -0.39 is 16.0 Å². The molecule has 0 saturated carbocycles. The number of hydrogen-bond donors (Lipinski definition) is 2. The molecule has 2 aromatic rings. The zero-order chi connectivity index (χ0) is 19.2. The van der Waals surface area contributed by atoms with Gasteiger partial charge in [0.05, 0.1) is 23.3 Å². The van der Waals surface area contributed by atoms with E-state index in [9.17, 15) is 13.2 Å². The number of ether oxygens (including phenoxy) is 1. The van der Waals surface area contributed by atoms with Gasteiger partial charge >= 0.3 is 5.97 Å². The maximum atomic E-state index is 12.3. The van der Waals surface area contributed by atoms with Crippen molar-refractivity contribution in [2.24, 2.45) is 0 Å². The van der Waals surface area contributed by atoms with Crippen LogP contribution in [0.1, 0.15) is 15.9 Å². The van der Waals surface area contributed by atoms with Gasteiger partial charge in [-0.25, -0.2) is 22.9 Å². The van der Waals surface area contributed by atoms with Gasteiger partial charge in [-0.15, -0.1) is 0 Å². The molecular weight excluding hydrogens is 380 g/mol. The van der Waals surface area contributed by atoms with Crippen molar-refractivity contribution in [3.63, 3.8) is 0 Å². The molecule has 26 heavy (non-hydrogen) atoms. The maximum absolute atomic E-state index is 12.3. The summed E-state index contributed by atoms with van der Waals surface area (Å²) >= 11 is 5.97. The molecule has 0 saturated heterocycles. The number of pyridine rings is 1. The Morgan fingerprint density at radius 3 is 2.77 bits per heavy atom. The van der Waals surface area contributed by atoms with E-state index >= 15 is 0 Å². The molecule has 0 aliphatic carbocycles. The van der Waals surface area contributed by atoms with Gasteiger partial charge in [0.15, 0.2) is 0 Å². The minimum Gasteiger partial charge on any atom is -0.465 e. The largest absolute Gasteiger partial charge is 0.465 e. The van der Waals surface area contributed by atoms with Crippen molar-refractivity contribution in [1.29, 1.82) is 5.26 Å². The van der Waals surface area contributed by atoms with Gasteiger partial charge in [-0.05, 0) is 30.3 Å². The van der Waals surface area contributed by atoms with Crippen LogP contribution < -0.4 is 10.0 Å². The third-order valence-corrected chi connectivity index (χ3v) is 5.22. The van der Waals surface area contributed by atoms with E-state index in [1.165, 1.54) is 31.5 Å². The summed E-state index contributed by atoms with van der Waals surface area (Å²) in [5, 5.41) is 11.8. The molecule has 8 nitrogen and oxygen atoms in total. The van der Waals surface area contributed by atoms with Crippen molar-refractivity contribution in [3.8, 4) is 6.07 Å². The first-order valence-corrected chi connectivity index (χ1v) is 9.21. The molecule has 0 spiro atoms. The van der Waals surface area contributed by atoms with Gasteiger partial charge in [0.2, 0.25) is 10.0 Å². The van der Waals surface area contributed by atoms with E-state index in [2.05, 4.69) is 19.8 Å². The zero-order valence-electron chi connectivity index (χ0n) is 13.7. The summed E-state index contributed by atoms with van der Waals surface area (Å²) in [5.41, 5.74) is 0.508. The number of rotatable bonds is 7. The molecular formula is C16H15ClN4O4S. The van der Waals surface area contributed by atoms with Gasteiger partial charge < -0.3 is 10.1 Å². The number of sulfonamides is 1. The van der Waals surface area contributed by atoms with Crippen molar-refractivity contribution in [2.75, 3.05) is 25.5 Å². The molecule has 1 aromatic heterocycles. The van der Waals surface area contributed by atoms with E-state index in [1.54, 1.807) is 12.1 Å². The lowest BCUT2D eigenvalue weighted by molar-refractivity contribution is 0.0600. The highest BCUT2D eigenvalue weighted by Crippen LogP contribution is 2.23. The number of aromatic nitrogens is 1. The second kappa shape index (κ2) is 8.62. The van der Waals surface area contributed by atoms with Crippen molar-refractivity contribution >= 4 is 33.4 Å². The highest BCUT2D eigenvalue weighted by Gasteiger charge is 2.19. The fourth-order valence-corrected chi connectivity index (χ4v) is 3.62. The van der Waals surface area contributed by atoms with E-state index in [-0.39, 0.29) is 28.6 Å². The summed E-state index contributed by atoms with van der Waals surface area (Å²) in [7, 11) is -2.65. The van der Waals surface area contributed by atoms with Crippen LogP contribution in [0.25, 0.3) is 0 Å². The quantitative estimate of drug-likeness (QED) is 0.542. The smallest absolute Gasteiger partial charge is 0.337 e. The summed E-state index contributed by atoms with van der Waals surface area (Å²) in [4.78, 5) is 15.3. The number of methoxy groups -OCH3 is 1. The van der Waals surface area contributed by atoms with E-state index in [0.29, 0.717) is 11.4 Å². The van der Waals surface area contributed by atoms with Gasteiger partial charge in [0.1, 0.15) is 16.8 Å². The lowest BCUT2D eigenvalue weighted by Crippen LogP contribution is -2.29. The number of esters is 1. The number of anilines is 1. The number of nitrogens with zero attached hydrogens (tertiary/aromatic N) is 2. The molecule has 0 aliphatic heterocycles. The summed E-state index contributed by atoms with van der Waals surface area (Å²) in [5.74, 6) is -0.244. The minimum absolute atomic E-state index is 0.0405. The normalized spacial score (nSPS) is 10.8. The fraction of sp³-hybridized carbons (Fsp3) is 0.188. The third kappa shape index (κ3) is 4.70. The molecule has 1 heterocycles. The first-order chi connectivity index (χ1) is 12.4. The number of carbonyl (C=O) groups is 1. The van der Waals surface area contributed by atoms with Gasteiger partial charge in [-0.2, -0.15) is 5.26 Å². The maximum Gasteiger partial charge on any atom is 0.337 e. The van der Waals surface area contributed by atoms with Crippen LogP contribution in [0.5, 0.6) is 0 Å². The number of benzene rings is 1. The molecule has 0 bridgehead atoms. The topological polar surface area (TPSA) is 121 Å². The summed E-state index contributed by atoms with van der Waals surface area (Å²) in [6, 6.07) is 9.00. The molecule has 0 fully saturated rings. The lowest BCUT2D eigenvalue weighted by Gasteiger charge is -2.10. The zero-order valence-corrected chi connectivity index (χ0v) is 15.3. The van der Waals surface area contributed by atoms with Crippen molar-refractivity contribution in [2.45, 2.75) is 4.90 Å². The third-order valence-electron chi connectivity index (χ3n) is 3.28. The summed E-state index contributed by atoms with van der Waals surface area (Å²) < 4.78 is 31.6. The van der Waals surface area contributed by atoms with E-state index in [0.717, 1.165) is 0 Å². The second-order valence-corrected chi connectivity index (χ2v) is 7.12. The standard InChI is InChI=1S/C16H15ClN4O4S/c1-25-16(22)11-4-5-14(13(17)9-11)26(23,24)21-8-7-20-15-12(10-18)3-2-6-19-15/h2-6,9,21H,7-8H2,1H3,(H,19,20). The first kappa shape index (κ1) is 19.7. The molecule has 0 amide bonds. The molecule has 10 heteroatoms. The van der Waals surface area contributed by atoms with Gasteiger partial charge in [-0.3, -0.25) is 0 Å².